The second-order valence-electron chi connectivity index (χ2n) is 9.82. The molecule has 2 aliphatic carbocycles. The van der Waals surface area contributed by atoms with Crippen LogP contribution >= 0.6 is 0 Å². The quantitative estimate of drug-likeness (QED) is 0.502. The van der Waals surface area contributed by atoms with Crippen LogP contribution < -0.4 is 10.5 Å². The lowest BCUT2D eigenvalue weighted by Crippen LogP contribution is -2.58. The third kappa shape index (κ3) is 3.62. The van der Waals surface area contributed by atoms with E-state index >= 15 is 0 Å². The van der Waals surface area contributed by atoms with Crippen LogP contribution in [-0.2, 0) is 10.3 Å². The van der Waals surface area contributed by atoms with Gasteiger partial charge in [-0.05, 0) is 61.8 Å². The molecule has 5 nitrogen and oxygen atoms in total. The normalized spacial score (nSPS) is 18.5. The van der Waals surface area contributed by atoms with Gasteiger partial charge >= 0.3 is 0 Å². The highest BCUT2D eigenvalue weighted by molar-refractivity contribution is 5.90. The highest BCUT2D eigenvalue weighted by atomic mass is 16.5. The van der Waals surface area contributed by atoms with E-state index in [1.807, 2.05) is 42.5 Å². The number of carbonyl (C=O) groups excluding carboxylic acids is 1. The summed E-state index contributed by atoms with van der Waals surface area (Å²) in [7, 11) is 1.69. The number of hydrogen-bond acceptors (Lipinski definition) is 3. The Bertz CT molecular complexity index is 1110. The van der Waals surface area contributed by atoms with Crippen molar-refractivity contribution in [3.05, 3.63) is 48.5 Å². The number of imidazole rings is 1. The van der Waals surface area contributed by atoms with Gasteiger partial charge < -0.3 is 15.0 Å². The maximum absolute atomic E-state index is 13.8. The third-order valence-corrected chi connectivity index (χ3v) is 8.13. The van der Waals surface area contributed by atoms with E-state index in [1.54, 1.807) is 7.11 Å². The molecule has 2 N–H and O–H groups in total. The van der Waals surface area contributed by atoms with Gasteiger partial charge in [0, 0.05) is 0 Å². The highest BCUT2D eigenvalue weighted by Crippen LogP contribution is 2.51. The molecule has 2 aliphatic rings. The number of carbonyl (C=O) groups is 1. The molecule has 0 atom stereocenters. The zero-order valence-corrected chi connectivity index (χ0v) is 19.6. The Morgan fingerprint density at radius 2 is 1.48 bits per heavy atom. The molecule has 33 heavy (non-hydrogen) atoms. The van der Waals surface area contributed by atoms with E-state index in [0.29, 0.717) is 0 Å². The van der Waals surface area contributed by atoms with Crippen molar-refractivity contribution in [2.45, 2.75) is 69.7 Å². The van der Waals surface area contributed by atoms with Gasteiger partial charge in [0.15, 0.2) is 0 Å². The van der Waals surface area contributed by atoms with Crippen molar-refractivity contribution in [1.29, 1.82) is 0 Å². The smallest absolute Gasteiger partial charge is 0.244 e. The molecule has 0 saturated heterocycles. The van der Waals surface area contributed by atoms with Gasteiger partial charge in [0.1, 0.15) is 17.1 Å². The largest absolute Gasteiger partial charge is 0.496 e. The number of amides is 1. The van der Waals surface area contributed by atoms with E-state index in [1.165, 1.54) is 12.8 Å². The molecule has 1 aromatic heterocycles. The summed E-state index contributed by atoms with van der Waals surface area (Å²) in [5.74, 6) is 1.81. The Balaban J connectivity index is 1.85. The third-order valence-electron chi connectivity index (χ3n) is 8.13. The minimum Gasteiger partial charge on any atom is -0.496 e. The highest BCUT2D eigenvalue weighted by Gasteiger charge is 2.53. The first kappa shape index (κ1) is 22.0. The van der Waals surface area contributed by atoms with Crippen molar-refractivity contribution in [2.75, 3.05) is 7.11 Å². The van der Waals surface area contributed by atoms with Crippen molar-refractivity contribution in [2.24, 2.45) is 17.6 Å². The van der Waals surface area contributed by atoms with Crippen LogP contribution in [0.4, 0.5) is 0 Å². The zero-order valence-electron chi connectivity index (χ0n) is 19.6. The van der Waals surface area contributed by atoms with Crippen LogP contribution in [-0.4, -0.2) is 22.6 Å². The lowest BCUT2D eigenvalue weighted by molar-refractivity contribution is -0.135. The number of rotatable bonds is 6. The minimum absolute atomic E-state index is 0.194. The van der Waals surface area contributed by atoms with E-state index < -0.39 is 5.54 Å². The monoisotopic (exact) mass is 445 g/mol. The Labute approximate surface area is 196 Å². The van der Waals surface area contributed by atoms with Crippen LogP contribution in [0.15, 0.2) is 48.5 Å². The Hall–Kier alpha value is -2.82. The summed E-state index contributed by atoms with van der Waals surface area (Å²) in [6.45, 7) is 0. The number of hydrogen-bond donors (Lipinski definition) is 1. The van der Waals surface area contributed by atoms with E-state index in [9.17, 15) is 4.79 Å². The molecule has 3 aromatic rings. The predicted octanol–water partition coefficient (Wildman–Crippen LogP) is 6.05. The maximum atomic E-state index is 13.8. The number of methoxy groups -OCH3 is 1. The fraction of sp³-hybridized carbons (Fsp3) is 0.500. The molecule has 0 radical (unpaired) electrons. The maximum Gasteiger partial charge on any atom is 0.244 e. The number of aromatic nitrogens is 2. The first-order valence-corrected chi connectivity index (χ1v) is 12.6. The van der Waals surface area contributed by atoms with Gasteiger partial charge in [-0.2, -0.15) is 0 Å². The van der Waals surface area contributed by atoms with Gasteiger partial charge in [0.05, 0.1) is 23.7 Å². The summed E-state index contributed by atoms with van der Waals surface area (Å²) in [5, 5.41) is 0. The first-order chi connectivity index (χ1) is 16.2. The summed E-state index contributed by atoms with van der Waals surface area (Å²) in [6, 6.07) is 16.2. The molecular formula is C28H35N3O2. The summed E-state index contributed by atoms with van der Waals surface area (Å²) in [5.41, 5.74) is 8.53. The number of para-hydroxylation sites is 3. The van der Waals surface area contributed by atoms with Crippen molar-refractivity contribution in [3.8, 4) is 17.1 Å². The standard InChI is InChI=1S/C28H35N3O2/c1-33-25-19-11-8-16-22(25)26-30-23-17-9-10-18-24(23)31(26)28(27(29)32,20-12-4-2-5-13-20)21-14-6-3-7-15-21/h8-11,16-21H,2-7,12-15H2,1H3,(H2,29,32). The topological polar surface area (TPSA) is 70.1 Å². The van der Waals surface area contributed by atoms with Crippen molar-refractivity contribution in [3.63, 3.8) is 0 Å². The van der Waals surface area contributed by atoms with E-state index in [4.69, 9.17) is 15.5 Å². The molecule has 5 rings (SSSR count). The number of primary amides is 1. The van der Waals surface area contributed by atoms with Gasteiger partial charge in [-0.1, -0.05) is 62.8 Å². The second kappa shape index (κ2) is 9.20. The molecule has 1 heterocycles. The average molecular weight is 446 g/mol. The number of nitrogens with zero attached hydrogens (tertiary/aromatic N) is 2. The average Bonchev–Trinajstić information content (AvgIpc) is 3.25. The van der Waals surface area contributed by atoms with E-state index in [2.05, 4.69) is 10.6 Å². The molecule has 0 unspecified atom stereocenters. The Kier molecular flexibility index (Phi) is 6.13. The molecule has 2 saturated carbocycles. The van der Waals surface area contributed by atoms with Gasteiger partial charge in [0.25, 0.3) is 0 Å². The molecule has 0 bridgehead atoms. The molecule has 2 fully saturated rings. The van der Waals surface area contributed by atoms with Crippen LogP contribution in [0.3, 0.4) is 0 Å². The van der Waals surface area contributed by atoms with Crippen molar-refractivity contribution < 1.29 is 9.53 Å². The molecule has 0 spiro atoms. The Morgan fingerprint density at radius 1 is 0.909 bits per heavy atom. The molecule has 2 aromatic carbocycles. The molecule has 174 valence electrons. The summed E-state index contributed by atoms with van der Waals surface area (Å²) in [4.78, 5) is 18.9. The summed E-state index contributed by atoms with van der Waals surface area (Å²) in [6.07, 6.45) is 11.3. The number of nitrogens with two attached hydrogens (primary N) is 1. The SMILES string of the molecule is COc1ccccc1-c1nc2ccccc2n1C(C(N)=O)(C1CCCCC1)C1CCCCC1. The van der Waals surface area contributed by atoms with Gasteiger partial charge in [0.2, 0.25) is 5.91 Å². The predicted molar refractivity (Wildman–Crippen MR) is 132 cm³/mol. The van der Waals surface area contributed by atoms with Crippen LogP contribution in [0.5, 0.6) is 5.75 Å². The van der Waals surface area contributed by atoms with E-state index in [-0.39, 0.29) is 17.7 Å². The molecular weight excluding hydrogens is 410 g/mol. The number of fused-ring (bicyclic) bond motifs is 1. The molecule has 5 heteroatoms. The van der Waals surface area contributed by atoms with Gasteiger partial charge in [-0.25, -0.2) is 4.98 Å². The summed E-state index contributed by atoms with van der Waals surface area (Å²) >= 11 is 0. The van der Waals surface area contributed by atoms with Crippen molar-refractivity contribution >= 4 is 16.9 Å². The first-order valence-electron chi connectivity index (χ1n) is 12.6. The van der Waals surface area contributed by atoms with Gasteiger partial charge in [-0.15, -0.1) is 0 Å². The zero-order chi connectivity index (χ0) is 22.8. The van der Waals surface area contributed by atoms with Gasteiger partial charge in [-0.3, -0.25) is 4.79 Å². The van der Waals surface area contributed by atoms with Crippen molar-refractivity contribution in [1.82, 2.24) is 9.55 Å². The number of benzene rings is 2. The van der Waals surface area contributed by atoms with Crippen LogP contribution in [0, 0.1) is 11.8 Å². The van der Waals surface area contributed by atoms with Crippen LogP contribution in [0.25, 0.3) is 22.4 Å². The fourth-order valence-corrected chi connectivity index (χ4v) is 6.71. The minimum atomic E-state index is -0.785. The lowest BCUT2D eigenvalue weighted by atomic mass is 9.63. The van der Waals surface area contributed by atoms with Crippen LogP contribution in [0.1, 0.15) is 64.2 Å². The lowest BCUT2D eigenvalue weighted by Gasteiger charge is -2.48. The van der Waals surface area contributed by atoms with Crippen LogP contribution in [0.2, 0.25) is 0 Å². The second-order valence-corrected chi connectivity index (χ2v) is 9.82. The fourth-order valence-electron chi connectivity index (χ4n) is 6.71. The van der Waals surface area contributed by atoms with E-state index in [0.717, 1.165) is 79.5 Å². The molecule has 0 aliphatic heterocycles. The summed E-state index contributed by atoms with van der Waals surface area (Å²) < 4.78 is 8.00. The number of ether oxygens (including phenoxy) is 1. The Morgan fingerprint density at radius 3 is 2.09 bits per heavy atom. The molecule has 1 amide bonds.